The minimum absolute atomic E-state index is 0.0207. The molecule has 0 radical (unpaired) electrons. The average Bonchev–Trinajstić information content (AvgIpc) is 3.41. The number of rotatable bonds is 8. The van der Waals surface area contributed by atoms with Gasteiger partial charge in [0.2, 0.25) is 17.7 Å². The SMILES string of the molecule is COc1ccc(CNC(=O)/C=C/C(=O)N(C)CC(=O)NC2CC2)cc1. The summed E-state index contributed by atoms with van der Waals surface area (Å²) in [6.45, 7) is 0.328. The van der Waals surface area contributed by atoms with Crippen molar-refractivity contribution in [3.63, 3.8) is 0 Å². The highest BCUT2D eigenvalue weighted by molar-refractivity contribution is 5.97. The third-order valence-electron chi connectivity index (χ3n) is 3.70. The van der Waals surface area contributed by atoms with Gasteiger partial charge in [0.25, 0.3) is 0 Å². The number of hydrogen-bond donors (Lipinski definition) is 2. The summed E-state index contributed by atoms with van der Waals surface area (Å²) in [6.07, 6.45) is 4.32. The largest absolute Gasteiger partial charge is 0.497 e. The van der Waals surface area contributed by atoms with Crippen LogP contribution in [0.4, 0.5) is 0 Å². The minimum atomic E-state index is -0.398. The first-order valence-corrected chi connectivity index (χ1v) is 8.11. The minimum Gasteiger partial charge on any atom is -0.497 e. The smallest absolute Gasteiger partial charge is 0.246 e. The summed E-state index contributed by atoms with van der Waals surface area (Å²) in [5.41, 5.74) is 0.919. The van der Waals surface area contributed by atoms with Gasteiger partial charge in [0.05, 0.1) is 13.7 Å². The number of benzene rings is 1. The van der Waals surface area contributed by atoms with Gasteiger partial charge < -0.3 is 20.3 Å². The number of carbonyl (C=O) groups excluding carboxylic acids is 3. The molecule has 1 saturated carbocycles. The van der Waals surface area contributed by atoms with E-state index in [2.05, 4.69) is 10.6 Å². The highest BCUT2D eigenvalue weighted by Crippen LogP contribution is 2.18. The van der Waals surface area contributed by atoms with Crippen molar-refractivity contribution in [3.05, 3.63) is 42.0 Å². The van der Waals surface area contributed by atoms with E-state index in [1.807, 2.05) is 24.3 Å². The van der Waals surface area contributed by atoms with Gasteiger partial charge in [-0.05, 0) is 30.5 Å². The molecule has 2 rings (SSSR count). The molecule has 0 unspecified atom stereocenters. The Bertz CT molecular complexity index is 651. The standard InChI is InChI=1S/C18H23N3O4/c1-21(12-17(23)20-14-5-6-14)18(24)10-9-16(22)19-11-13-3-7-15(25-2)8-4-13/h3-4,7-10,14H,5-6,11-12H2,1-2H3,(H,19,22)(H,20,23)/b10-9+. The van der Waals surface area contributed by atoms with Crippen molar-refractivity contribution in [2.45, 2.75) is 25.4 Å². The van der Waals surface area contributed by atoms with E-state index in [-0.39, 0.29) is 24.4 Å². The number of methoxy groups -OCH3 is 1. The van der Waals surface area contributed by atoms with Gasteiger partial charge in [-0.15, -0.1) is 0 Å². The van der Waals surface area contributed by atoms with Crippen LogP contribution >= 0.6 is 0 Å². The number of carbonyl (C=O) groups is 3. The van der Waals surface area contributed by atoms with Crippen LogP contribution in [0.25, 0.3) is 0 Å². The molecule has 0 heterocycles. The lowest BCUT2D eigenvalue weighted by molar-refractivity contribution is -0.131. The molecule has 7 nitrogen and oxygen atoms in total. The third kappa shape index (κ3) is 6.66. The Kier molecular flexibility index (Phi) is 6.56. The molecule has 0 spiro atoms. The first-order valence-electron chi connectivity index (χ1n) is 8.11. The Labute approximate surface area is 147 Å². The highest BCUT2D eigenvalue weighted by atomic mass is 16.5. The van der Waals surface area contributed by atoms with Gasteiger partial charge in [-0.3, -0.25) is 14.4 Å². The van der Waals surface area contributed by atoms with Crippen LogP contribution in [0.5, 0.6) is 5.75 Å². The lowest BCUT2D eigenvalue weighted by Crippen LogP contribution is -2.38. The number of nitrogens with one attached hydrogen (secondary N) is 2. The van der Waals surface area contributed by atoms with E-state index in [1.54, 1.807) is 7.11 Å². The van der Waals surface area contributed by atoms with Crippen molar-refractivity contribution in [1.82, 2.24) is 15.5 Å². The molecule has 25 heavy (non-hydrogen) atoms. The van der Waals surface area contributed by atoms with Crippen molar-refractivity contribution in [1.29, 1.82) is 0 Å². The van der Waals surface area contributed by atoms with Gasteiger partial charge in [-0.1, -0.05) is 12.1 Å². The number of likely N-dealkylation sites (N-methyl/N-ethyl adjacent to an activating group) is 1. The van der Waals surface area contributed by atoms with Crippen LogP contribution in [0.15, 0.2) is 36.4 Å². The van der Waals surface area contributed by atoms with Gasteiger partial charge in [0.1, 0.15) is 5.75 Å². The van der Waals surface area contributed by atoms with Crippen LogP contribution < -0.4 is 15.4 Å². The van der Waals surface area contributed by atoms with Crippen molar-refractivity contribution in [2.75, 3.05) is 20.7 Å². The number of hydrogen-bond acceptors (Lipinski definition) is 4. The summed E-state index contributed by atoms with van der Waals surface area (Å²) >= 11 is 0. The summed E-state index contributed by atoms with van der Waals surface area (Å²) in [5, 5.41) is 5.50. The van der Waals surface area contributed by atoms with Crippen LogP contribution in [0.2, 0.25) is 0 Å². The number of amides is 3. The molecule has 0 bridgehead atoms. The van der Waals surface area contributed by atoms with E-state index in [4.69, 9.17) is 4.74 Å². The normalized spacial score (nSPS) is 13.4. The fourth-order valence-electron chi connectivity index (χ4n) is 2.06. The van der Waals surface area contributed by atoms with Crippen molar-refractivity contribution >= 4 is 17.7 Å². The first-order chi connectivity index (χ1) is 12.0. The van der Waals surface area contributed by atoms with Crippen molar-refractivity contribution in [3.8, 4) is 5.75 Å². The Morgan fingerprint density at radius 1 is 1.20 bits per heavy atom. The van der Waals surface area contributed by atoms with E-state index in [0.29, 0.717) is 6.54 Å². The lowest BCUT2D eigenvalue weighted by atomic mass is 10.2. The molecule has 1 aromatic rings. The maximum atomic E-state index is 11.9. The zero-order valence-electron chi connectivity index (χ0n) is 14.5. The Morgan fingerprint density at radius 3 is 2.48 bits per heavy atom. The van der Waals surface area contributed by atoms with Crippen molar-refractivity contribution < 1.29 is 19.1 Å². The monoisotopic (exact) mass is 345 g/mol. The molecule has 0 saturated heterocycles. The highest BCUT2D eigenvalue weighted by Gasteiger charge is 2.23. The predicted molar refractivity (Wildman–Crippen MR) is 92.8 cm³/mol. The fourth-order valence-corrected chi connectivity index (χ4v) is 2.06. The quantitative estimate of drug-likeness (QED) is 0.676. The Hall–Kier alpha value is -2.83. The second kappa shape index (κ2) is 8.86. The Morgan fingerprint density at radius 2 is 1.88 bits per heavy atom. The van der Waals surface area contributed by atoms with Crippen LogP contribution in [0.3, 0.4) is 0 Å². The molecule has 1 aliphatic rings. The summed E-state index contributed by atoms with van der Waals surface area (Å²) in [7, 11) is 3.11. The maximum absolute atomic E-state index is 11.9. The van der Waals surface area contributed by atoms with E-state index in [1.165, 1.54) is 18.0 Å². The third-order valence-corrected chi connectivity index (χ3v) is 3.70. The number of nitrogens with zero attached hydrogens (tertiary/aromatic N) is 1. The molecule has 3 amide bonds. The van der Waals surface area contributed by atoms with Gasteiger partial charge in [0.15, 0.2) is 0 Å². The second-order valence-electron chi connectivity index (χ2n) is 5.94. The first kappa shape index (κ1) is 18.5. The molecule has 7 heteroatoms. The zero-order valence-corrected chi connectivity index (χ0v) is 14.5. The molecular weight excluding hydrogens is 322 g/mol. The van der Waals surface area contributed by atoms with Crippen LogP contribution in [0.1, 0.15) is 18.4 Å². The zero-order chi connectivity index (χ0) is 18.2. The van der Waals surface area contributed by atoms with Crippen LogP contribution in [-0.2, 0) is 20.9 Å². The molecule has 2 N–H and O–H groups in total. The second-order valence-corrected chi connectivity index (χ2v) is 5.94. The van der Waals surface area contributed by atoms with Gasteiger partial charge in [0, 0.05) is 31.8 Å². The van der Waals surface area contributed by atoms with Crippen LogP contribution in [-0.4, -0.2) is 49.4 Å². The van der Waals surface area contributed by atoms with Gasteiger partial charge in [-0.25, -0.2) is 0 Å². The average molecular weight is 345 g/mol. The van der Waals surface area contributed by atoms with Crippen LogP contribution in [0, 0.1) is 0 Å². The predicted octanol–water partition coefficient (Wildman–Crippen LogP) is 0.605. The molecular formula is C18H23N3O4. The van der Waals surface area contributed by atoms with Crippen molar-refractivity contribution in [2.24, 2.45) is 0 Å². The lowest BCUT2D eigenvalue weighted by Gasteiger charge is -2.14. The van der Waals surface area contributed by atoms with Gasteiger partial charge in [-0.2, -0.15) is 0 Å². The molecule has 1 aromatic carbocycles. The molecule has 134 valence electrons. The summed E-state index contributed by atoms with van der Waals surface area (Å²) in [5.74, 6) is -0.212. The van der Waals surface area contributed by atoms with E-state index in [0.717, 1.165) is 30.2 Å². The van der Waals surface area contributed by atoms with E-state index >= 15 is 0 Å². The molecule has 0 atom stereocenters. The molecule has 0 aliphatic heterocycles. The maximum Gasteiger partial charge on any atom is 0.246 e. The summed E-state index contributed by atoms with van der Waals surface area (Å²) in [6, 6.07) is 7.57. The summed E-state index contributed by atoms with van der Waals surface area (Å²) < 4.78 is 5.06. The topological polar surface area (TPSA) is 87.7 Å². The van der Waals surface area contributed by atoms with E-state index < -0.39 is 5.91 Å². The molecule has 0 aromatic heterocycles. The molecule has 1 fully saturated rings. The van der Waals surface area contributed by atoms with E-state index in [9.17, 15) is 14.4 Å². The summed E-state index contributed by atoms with van der Waals surface area (Å²) in [4.78, 5) is 36.6. The molecule has 1 aliphatic carbocycles. The fraction of sp³-hybridized carbons (Fsp3) is 0.389. The Balaban J connectivity index is 1.71. The van der Waals surface area contributed by atoms with Gasteiger partial charge >= 0.3 is 0 Å². The number of ether oxygens (including phenoxy) is 1.